The lowest BCUT2D eigenvalue weighted by Crippen LogP contribution is -2.33. The van der Waals surface area contributed by atoms with Gasteiger partial charge in [-0.25, -0.2) is 0 Å². The Kier molecular flexibility index (Phi) is 4.63. The molecule has 110 valence electrons. The van der Waals surface area contributed by atoms with Crippen LogP contribution in [0.25, 0.3) is 0 Å². The van der Waals surface area contributed by atoms with Gasteiger partial charge >= 0.3 is 0 Å². The fourth-order valence-electron chi connectivity index (χ4n) is 3.00. The molecule has 3 heteroatoms. The van der Waals surface area contributed by atoms with E-state index < -0.39 is 0 Å². The second-order valence-electron chi connectivity index (χ2n) is 5.77. The number of hydrogen-bond donors (Lipinski definition) is 1. The van der Waals surface area contributed by atoms with E-state index in [2.05, 4.69) is 58.5 Å². The van der Waals surface area contributed by atoms with Gasteiger partial charge in [0, 0.05) is 37.9 Å². The average Bonchev–Trinajstić information content (AvgIpc) is 3.03. The molecule has 1 N–H and O–H groups in total. The highest BCUT2D eigenvalue weighted by atomic mass is 15.2. The predicted molar refractivity (Wildman–Crippen MR) is 85.9 cm³/mol. The van der Waals surface area contributed by atoms with E-state index in [0.29, 0.717) is 12.1 Å². The van der Waals surface area contributed by atoms with Gasteiger partial charge in [0.05, 0.1) is 5.69 Å². The number of benzene rings is 1. The second-order valence-corrected chi connectivity index (χ2v) is 5.77. The smallest absolute Gasteiger partial charge is 0.0541 e. The number of aromatic nitrogens is 1. The summed E-state index contributed by atoms with van der Waals surface area (Å²) in [6.07, 6.45) is 3.07. The maximum Gasteiger partial charge on any atom is 0.0541 e. The molecule has 0 aliphatic carbocycles. The van der Waals surface area contributed by atoms with Crippen LogP contribution in [0.15, 0.2) is 54.7 Å². The second kappa shape index (κ2) is 6.83. The van der Waals surface area contributed by atoms with Crippen molar-refractivity contribution in [3.8, 4) is 0 Å². The van der Waals surface area contributed by atoms with Crippen molar-refractivity contribution in [1.29, 1.82) is 0 Å². The zero-order valence-corrected chi connectivity index (χ0v) is 12.6. The SMILES string of the molecule is C[C@@H](c1ccccc1)N1CC[C@@H](NCc2ccccn2)C1. The van der Waals surface area contributed by atoms with E-state index in [-0.39, 0.29) is 0 Å². The first-order chi connectivity index (χ1) is 10.3. The van der Waals surface area contributed by atoms with E-state index in [1.165, 1.54) is 12.0 Å². The third-order valence-electron chi connectivity index (χ3n) is 4.35. The molecule has 2 aromatic rings. The fraction of sp³-hybridized carbons (Fsp3) is 0.389. The minimum Gasteiger partial charge on any atom is -0.307 e. The van der Waals surface area contributed by atoms with Gasteiger partial charge in [-0.1, -0.05) is 36.4 Å². The standard InChI is InChI=1S/C18H23N3/c1-15(16-7-3-2-4-8-16)21-12-10-18(14-21)20-13-17-9-5-6-11-19-17/h2-9,11,15,18,20H,10,12-14H2,1H3/t15-,18+/m0/s1. The predicted octanol–water partition coefficient (Wildman–Crippen LogP) is 3.01. The first-order valence-corrected chi connectivity index (χ1v) is 7.75. The van der Waals surface area contributed by atoms with Crippen LogP contribution in [0.2, 0.25) is 0 Å². The van der Waals surface area contributed by atoms with Gasteiger partial charge in [-0.15, -0.1) is 0 Å². The van der Waals surface area contributed by atoms with Gasteiger partial charge in [0.1, 0.15) is 0 Å². The van der Waals surface area contributed by atoms with Gasteiger partial charge in [0.15, 0.2) is 0 Å². The molecule has 0 saturated carbocycles. The highest BCUT2D eigenvalue weighted by Crippen LogP contribution is 2.24. The minimum atomic E-state index is 0.493. The average molecular weight is 281 g/mol. The molecule has 0 spiro atoms. The Balaban J connectivity index is 1.51. The minimum absolute atomic E-state index is 0.493. The summed E-state index contributed by atoms with van der Waals surface area (Å²) >= 11 is 0. The number of pyridine rings is 1. The quantitative estimate of drug-likeness (QED) is 0.913. The van der Waals surface area contributed by atoms with Crippen molar-refractivity contribution in [3.05, 3.63) is 66.0 Å². The van der Waals surface area contributed by atoms with Crippen molar-refractivity contribution in [1.82, 2.24) is 15.2 Å². The van der Waals surface area contributed by atoms with Gasteiger partial charge in [-0.3, -0.25) is 9.88 Å². The Labute approximate surface area is 127 Å². The van der Waals surface area contributed by atoms with E-state index in [9.17, 15) is 0 Å². The van der Waals surface area contributed by atoms with Crippen LogP contribution in [-0.2, 0) is 6.54 Å². The third-order valence-corrected chi connectivity index (χ3v) is 4.35. The van der Waals surface area contributed by atoms with Crippen LogP contribution in [0.1, 0.15) is 30.6 Å². The monoisotopic (exact) mass is 281 g/mol. The van der Waals surface area contributed by atoms with E-state index in [1.54, 1.807) is 0 Å². The lowest BCUT2D eigenvalue weighted by atomic mass is 10.1. The number of rotatable bonds is 5. The van der Waals surface area contributed by atoms with Crippen LogP contribution in [0.3, 0.4) is 0 Å². The fourth-order valence-corrected chi connectivity index (χ4v) is 3.00. The summed E-state index contributed by atoms with van der Waals surface area (Å²) < 4.78 is 0. The molecule has 2 heterocycles. The third kappa shape index (κ3) is 3.69. The van der Waals surface area contributed by atoms with E-state index >= 15 is 0 Å². The first kappa shape index (κ1) is 14.2. The molecule has 2 atom stereocenters. The van der Waals surface area contributed by atoms with Crippen molar-refractivity contribution < 1.29 is 0 Å². The van der Waals surface area contributed by atoms with E-state index in [1.807, 2.05) is 18.3 Å². The summed E-state index contributed by atoms with van der Waals surface area (Å²) in [4.78, 5) is 6.93. The van der Waals surface area contributed by atoms with Crippen molar-refractivity contribution in [2.45, 2.75) is 32.0 Å². The molecule has 21 heavy (non-hydrogen) atoms. The largest absolute Gasteiger partial charge is 0.307 e. The number of likely N-dealkylation sites (tertiary alicyclic amines) is 1. The van der Waals surface area contributed by atoms with Crippen molar-refractivity contribution >= 4 is 0 Å². The zero-order valence-electron chi connectivity index (χ0n) is 12.6. The summed E-state index contributed by atoms with van der Waals surface area (Å²) in [6.45, 7) is 5.44. The zero-order chi connectivity index (χ0) is 14.5. The molecular weight excluding hydrogens is 258 g/mol. The topological polar surface area (TPSA) is 28.2 Å². The Bertz CT molecular complexity index is 541. The molecular formula is C18H23N3. The van der Waals surface area contributed by atoms with E-state index in [4.69, 9.17) is 0 Å². The van der Waals surface area contributed by atoms with Crippen LogP contribution in [0.4, 0.5) is 0 Å². The van der Waals surface area contributed by atoms with Crippen molar-refractivity contribution in [2.24, 2.45) is 0 Å². The van der Waals surface area contributed by atoms with Crippen LogP contribution in [0.5, 0.6) is 0 Å². The maximum atomic E-state index is 4.37. The number of nitrogens with zero attached hydrogens (tertiary/aromatic N) is 2. The number of nitrogens with one attached hydrogen (secondary N) is 1. The highest BCUT2D eigenvalue weighted by Gasteiger charge is 2.26. The van der Waals surface area contributed by atoms with Gasteiger partial charge in [-0.05, 0) is 31.0 Å². The van der Waals surface area contributed by atoms with Crippen LogP contribution >= 0.6 is 0 Å². The lowest BCUT2D eigenvalue weighted by molar-refractivity contribution is 0.255. The molecule has 1 aromatic heterocycles. The highest BCUT2D eigenvalue weighted by molar-refractivity contribution is 5.18. The molecule has 1 fully saturated rings. The molecule has 1 aliphatic rings. The Morgan fingerprint density at radius 3 is 2.76 bits per heavy atom. The molecule has 1 saturated heterocycles. The molecule has 0 unspecified atom stereocenters. The Morgan fingerprint density at radius 2 is 2.00 bits per heavy atom. The van der Waals surface area contributed by atoms with Gasteiger partial charge in [-0.2, -0.15) is 0 Å². The Hall–Kier alpha value is -1.71. The van der Waals surface area contributed by atoms with Crippen LogP contribution < -0.4 is 5.32 Å². The number of hydrogen-bond acceptors (Lipinski definition) is 3. The normalized spacial score (nSPS) is 20.5. The summed E-state index contributed by atoms with van der Waals surface area (Å²) in [5.41, 5.74) is 2.52. The van der Waals surface area contributed by atoms with Crippen LogP contribution in [0, 0.1) is 0 Å². The lowest BCUT2D eigenvalue weighted by Gasteiger charge is -2.24. The summed E-state index contributed by atoms with van der Waals surface area (Å²) in [5.74, 6) is 0. The van der Waals surface area contributed by atoms with Crippen molar-refractivity contribution in [2.75, 3.05) is 13.1 Å². The van der Waals surface area contributed by atoms with E-state index in [0.717, 1.165) is 25.3 Å². The maximum absolute atomic E-state index is 4.37. The molecule has 3 rings (SSSR count). The van der Waals surface area contributed by atoms with Crippen molar-refractivity contribution in [3.63, 3.8) is 0 Å². The molecule has 0 radical (unpaired) electrons. The molecule has 3 nitrogen and oxygen atoms in total. The Morgan fingerprint density at radius 1 is 1.19 bits per heavy atom. The summed E-state index contributed by atoms with van der Waals surface area (Å²) in [5, 5.41) is 3.63. The van der Waals surface area contributed by atoms with Gasteiger partial charge in [0.25, 0.3) is 0 Å². The van der Waals surface area contributed by atoms with Gasteiger partial charge in [0.2, 0.25) is 0 Å². The van der Waals surface area contributed by atoms with Crippen LogP contribution in [-0.4, -0.2) is 29.0 Å². The first-order valence-electron chi connectivity index (χ1n) is 7.75. The molecule has 1 aromatic carbocycles. The molecule has 0 bridgehead atoms. The summed E-state index contributed by atoms with van der Waals surface area (Å²) in [6, 6.07) is 17.9. The molecule has 1 aliphatic heterocycles. The van der Waals surface area contributed by atoms with Gasteiger partial charge < -0.3 is 5.32 Å². The summed E-state index contributed by atoms with van der Waals surface area (Å²) in [7, 11) is 0. The molecule has 0 amide bonds.